The van der Waals surface area contributed by atoms with Gasteiger partial charge in [0.25, 0.3) is 0 Å². The van der Waals surface area contributed by atoms with Crippen LogP contribution in [-0.4, -0.2) is 53.5 Å². The van der Waals surface area contributed by atoms with Crippen molar-refractivity contribution in [2.24, 2.45) is 40.4 Å². The molecule has 0 bridgehead atoms. The molecule has 1 heterocycles. The van der Waals surface area contributed by atoms with Crippen LogP contribution in [0, 0.1) is 40.4 Å². The van der Waals surface area contributed by atoms with Crippen LogP contribution in [0.25, 0.3) is 0 Å². The van der Waals surface area contributed by atoms with Gasteiger partial charge in [-0.2, -0.15) is 0 Å². The van der Waals surface area contributed by atoms with Crippen molar-refractivity contribution in [3.63, 3.8) is 0 Å². The monoisotopic (exact) mass is 540 g/mol. The molecule has 5 fully saturated rings. The summed E-state index contributed by atoms with van der Waals surface area (Å²) in [6, 6.07) is 0. The molecule has 6 rings (SSSR count). The van der Waals surface area contributed by atoms with Crippen LogP contribution in [0.1, 0.15) is 92.4 Å². The van der Waals surface area contributed by atoms with Gasteiger partial charge in [-0.25, -0.2) is 0 Å². The minimum Gasteiger partial charge on any atom is -0.393 e. The van der Waals surface area contributed by atoms with Gasteiger partial charge < -0.3 is 19.3 Å². The molecule has 1 N–H and O–H groups in total. The SMILES string of the molecule is CC(C)C(C)OCC(=O)[C@@]12O[C@@H](C3CCCCC3)O[C@@H]1CC1C3CCC4=CC(=O)C=C[C@]4(C)C3[C@@H](O)C[C@@]12C. The van der Waals surface area contributed by atoms with Crippen LogP contribution >= 0.6 is 0 Å². The second-order valence-electron chi connectivity index (χ2n) is 14.4. The van der Waals surface area contributed by atoms with Gasteiger partial charge in [0.05, 0.1) is 18.3 Å². The van der Waals surface area contributed by atoms with E-state index >= 15 is 0 Å². The Bertz CT molecular complexity index is 1060. The first-order valence-corrected chi connectivity index (χ1v) is 15.6. The van der Waals surface area contributed by atoms with Gasteiger partial charge in [0, 0.05) is 22.7 Å². The standard InChI is InChI=1S/C33H48O6/c1-19(2)20(3)37-18-27(36)33-28(38-30(39-33)21-9-7-6-8-10-21)16-25-24-12-11-22-15-23(34)13-14-31(22,4)29(24)26(35)17-32(25,33)5/h13-15,19-21,24-26,28-30,35H,6-12,16-18H2,1-5H3/t20?,24?,25?,26-,28+,29?,30-,31-,32-,33+/m0/s1. The smallest absolute Gasteiger partial charge is 0.193 e. The van der Waals surface area contributed by atoms with E-state index in [1.807, 2.05) is 13.0 Å². The number of ketones is 2. The number of aliphatic hydroxyl groups excluding tert-OH is 1. The fourth-order valence-electron chi connectivity index (χ4n) is 9.72. The summed E-state index contributed by atoms with van der Waals surface area (Å²) in [5.74, 6) is 1.09. The third kappa shape index (κ3) is 4.10. The van der Waals surface area contributed by atoms with Gasteiger partial charge >= 0.3 is 0 Å². The fourth-order valence-corrected chi connectivity index (χ4v) is 9.72. The average Bonchev–Trinajstić information content (AvgIpc) is 3.41. The van der Waals surface area contributed by atoms with Crippen molar-refractivity contribution < 1.29 is 28.9 Å². The molecule has 5 aliphatic carbocycles. The highest BCUT2D eigenvalue weighted by Gasteiger charge is 2.76. The molecule has 4 saturated carbocycles. The molecule has 10 atom stereocenters. The maximum absolute atomic E-state index is 14.4. The summed E-state index contributed by atoms with van der Waals surface area (Å²) in [6.45, 7) is 10.6. The van der Waals surface area contributed by atoms with Gasteiger partial charge in [0.2, 0.25) is 0 Å². The number of carbonyl (C=O) groups is 2. The van der Waals surface area contributed by atoms with Crippen LogP contribution in [0.2, 0.25) is 0 Å². The number of ether oxygens (including phenoxy) is 3. The highest BCUT2D eigenvalue weighted by Crippen LogP contribution is 2.70. The summed E-state index contributed by atoms with van der Waals surface area (Å²) >= 11 is 0. The van der Waals surface area contributed by atoms with Crippen LogP contribution < -0.4 is 0 Å². The van der Waals surface area contributed by atoms with Crippen LogP contribution in [0.4, 0.5) is 0 Å². The van der Waals surface area contributed by atoms with Gasteiger partial charge in [-0.1, -0.05) is 58.6 Å². The van der Waals surface area contributed by atoms with Gasteiger partial charge in [-0.3, -0.25) is 9.59 Å². The zero-order valence-corrected chi connectivity index (χ0v) is 24.5. The van der Waals surface area contributed by atoms with Crippen LogP contribution in [0.3, 0.4) is 0 Å². The van der Waals surface area contributed by atoms with E-state index in [2.05, 4.69) is 27.7 Å². The topological polar surface area (TPSA) is 82.1 Å². The van der Waals surface area contributed by atoms with Gasteiger partial charge in [-0.15, -0.1) is 0 Å². The lowest BCUT2D eigenvalue weighted by atomic mass is 9.46. The van der Waals surface area contributed by atoms with E-state index in [4.69, 9.17) is 14.2 Å². The molecule has 4 unspecified atom stereocenters. The highest BCUT2D eigenvalue weighted by atomic mass is 16.7. The van der Waals surface area contributed by atoms with Crippen molar-refractivity contribution in [1.29, 1.82) is 0 Å². The molecule has 6 aliphatic rings. The first-order valence-electron chi connectivity index (χ1n) is 15.6. The van der Waals surface area contributed by atoms with Gasteiger partial charge in [0.15, 0.2) is 23.5 Å². The molecule has 0 spiro atoms. The molecule has 0 aromatic rings. The third-order valence-corrected chi connectivity index (χ3v) is 12.1. The Morgan fingerprint density at radius 3 is 2.62 bits per heavy atom. The number of fused-ring (bicyclic) bond motifs is 7. The Kier molecular flexibility index (Phi) is 7.05. The lowest BCUT2D eigenvalue weighted by Crippen LogP contribution is -2.63. The molecular weight excluding hydrogens is 492 g/mol. The van der Waals surface area contributed by atoms with E-state index in [0.29, 0.717) is 18.3 Å². The lowest BCUT2D eigenvalue weighted by Gasteiger charge is -2.59. The summed E-state index contributed by atoms with van der Waals surface area (Å²) in [4.78, 5) is 26.6. The molecule has 0 aromatic heterocycles. The van der Waals surface area contributed by atoms with E-state index < -0.39 is 17.1 Å². The maximum Gasteiger partial charge on any atom is 0.193 e. The number of hydrogen-bond donors (Lipinski definition) is 1. The molecule has 6 nitrogen and oxygen atoms in total. The van der Waals surface area contributed by atoms with Crippen molar-refractivity contribution in [3.05, 3.63) is 23.8 Å². The minimum absolute atomic E-state index is 0.0114. The van der Waals surface area contributed by atoms with Crippen molar-refractivity contribution in [1.82, 2.24) is 0 Å². The Hall–Kier alpha value is -1.34. The Morgan fingerprint density at radius 1 is 1.15 bits per heavy atom. The predicted molar refractivity (Wildman–Crippen MR) is 148 cm³/mol. The molecule has 39 heavy (non-hydrogen) atoms. The number of aliphatic hydroxyl groups is 1. The lowest BCUT2D eigenvalue weighted by molar-refractivity contribution is -0.210. The van der Waals surface area contributed by atoms with E-state index in [1.165, 1.54) is 19.3 Å². The Balaban J connectivity index is 1.35. The van der Waals surface area contributed by atoms with E-state index in [-0.39, 0.29) is 59.8 Å². The molecule has 1 aliphatic heterocycles. The summed E-state index contributed by atoms with van der Waals surface area (Å²) in [5.41, 5.74) is -0.842. The quantitative estimate of drug-likeness (QED) is 0.475. The molecule has 0 amide bonds. The number of carbonyl (C=O) groups excluding carboxylic acids is 2. The van der Waals surface area contributed by atoms with Crippen LogP contribution in [-0.2, 0) is 23.8 Å². The number of hydrogen-bond acceptors (Lipinski definition) is 6. The van der Waals surface area contributed by atoms with Crippen molar-refractivity contribution in [2.45, 2.75) is 123 Å². The Labute approximate surface area is 233 Å². The molecule has 0 radical (unpaired) electrons. The van der Waals surface area contributed by atoms with E-state index in [9.17, 15) is 14.7 Å². The molecule has 6 heteroatoms. The zero-order chi connectivity index (χ0) is 27.7. The second-order valence-corrected chi connectivity index (χ2v) is 14.4. The number of rotatable bonds is 6. The molecule has 1 saturated heterocycles. The van der Waals surface area contributed by atoms with Crippen molar-refractivity contribution >= 4 is 11.6 Å². The summed E-state index contributed by atoms with van der Waals surface area (Å²) in [5, 5.41) is 11.9. The van der Waals surface area contributed by atoms with Crippen molar-refractivity contribution in [3.8, 4) is 0 Å². The maximum atomic E-state index is 14.4. The zero-order valence-electron chi connectivity index (χ0n) is 24.5. The van der Waals surface area contributed by atoms with E-state index in [1.54, 1.807) is 12.2 Å². The van der Waals surface area contributed by atoms with Gasteiger partial charge in [0.1, 0.15) is 6.61 Å². The van der Waals surface area contributed by atoms with Gasteiger partial charge in [-0.05, 0) is 75.4 Å². The summed E-state index contributed by atoms with van der Waals surface area (Å²) in [7, 11) is 0. The highest BCUT2D eigenvalue weighted by molar-refractivity contribution is 6.01. The fraction of sp³-hybridized carbons (Fsp3) is 0.818. The van der Waals surface area contributed by atoms with Crippen LogP contribution in [0.5, 0.6) is 0 Å². The summed E-state index contributed by atoms with van der Waals surface area (Å²) in [6.07, 6.45) is 13.0. The molecule has 216 valence electrons. The average molecular weight is 541 g/mol. The van der Waals surface area contributed by atoms with Crippen molar-refractivity contribution in [2.75, 3.05) is 6.61 Å². The predicted octanol–water partition coefficient (Wildman–Crippen LogP) is 5.57. The third-order valence-electron chi connectivity index (χ3n) is 12.1. The normalized spacial score (nSPS) is 46.3. The first-order chi connectivity index (χ1) is 18.5. The molecule has 0 aromatic carbocycles. The van der Waals surface area contributed by atoms with E-state index in [0.717, 1.165) is 37.7 Å². The second kappa shape index (κ2) is 9.89. The molecular formula is C33H48O6. The summed E-state index contributed by atoms with van der Waals surface area (Å²) < 4.78 is 19.9. The number of allylic oxidation sites excluding steroid dienone is 4. The van der Waals surface area contributed by atoms with Crippen LogP contribution in [0.15, 0.2) is 23.8 Å². The Morgan fingerprint density at radius 2 is 1.90 bits per heavy atom. The minimum atomic E-state index is -1.10. The first kappa shape index (κ1) is 27.8. The largest absolute Gasteiger partial charge is 0.393 e. The number of Topliss-reactive ketones (excluding diaryl/α,β-unsaturated/α-hetero) is 1.